The van der Waals surface area contributed by atoms with Crippen molar-refractivity contribution in [2.45, 2.75) is 25.7 Å². The Labute approximate surface area is 164 Å². The van der Waals surface area contributed by atoms with E-state index < -0.39 is 0 Å². The fourth-order valence-electron chi connectivity index (χ4n) is 3.88. The van der Waals surface area contributed by atoms with E-state index in [4.69, 9.17) is 0 Å². The molecule has 1 saturated heterocycles. The smallest absolute Gasteiger partial charge is 0.266 e. The molecule has 0 radical (unpaired) electrons. The number of likely N-dealkylation sites (tertiary alicyclic amines) is 1. The summed E-state index contributed by atoms with van der Waals surface area (Å²) in [5.74, 6) is 0.404. The van der Waals surface area contributed by atoms with E-state index in [0.717, 1.165) is 31.5 Å². The zero-order valence-electron chi connectivity index (χ0n) is 15.9. The molecule has 0 unspecified atom stereocenters. The van der Waals surface area contributed by atoms with E-state index >= 15 is 0 Å². The van der Waals surface area contributed by atoms with E-state index in [1.165, 1.54) is 17.3 Å². The summed E-state index contributed by atoms with van der Waals surface area (Å²) in [6, 6.07) is 15.9. The molecule has 0 spiro atoms. The van der Waals surface area contributed by atoms with Gasteiger partial charge in [-0.05, 0) is 37.5 Å². The van der Waals surface area contributed by atoms with Crippen molar-refractivity contribution in [2.24, 2.45) is 0 Å². The fraction of sp³-hybridized carbons (Fsp3) is 0.261. The standard InChI is InChI=1S/C23H23N3O2/c1-16-5-2-6-17(11-16)20-9-4-10-26(15-20)23(28)19-8-3-7-18(12-19)21-13-24-14-22(27)25-21/h2-3,5-8,11-14,20H,4,9-10,15H2,1H3,(H,25,27)/t20-/m1/s1. The Morgan fingerprint density at radius 3 is 2.82 bits per heavy atom. The van der Waals surface area contributed by atoms with Gasteiger partial charge in [-0.1, -0.05) is 42.0 Å². The summed E-state index contributed by atoms with van der Waals surface area (Å²) < 4.78 is 0. The summed E-state index contributed by atoms with van der Waals surface area (Å²) in [5.41, 5.74) is 4.32. The molecule has 1 amide bonds. The van der Waals surface area contributed by atoms with Gasteiger partial charge < -0.3 is 9.88 Å². The molecule has 3 aromatic rings. The first-order valence-electron chi connectivity index (χ1n) is 9.61. The van der Waals surface area contributed by atoms with E-state index in [1.54, 1.807) is 6.20 Å². The number of piperidine rings is 1. The van der Waals surface area contributed by atoms with Gasteiger partial charge in [0.25, 0.3) is 11.5 Å². The first-order valence-corrected chi connectivity index (χ1v) is 9.61. The Morgan fingerprint density at radius 1 is 1.14 bits per heavy atom. The van der Waals surface area contributed by atoms with Crippen molar-refractivity contribution in [2.75, 3.05) is 13.1 Å². The predicted molar refractivity (Wildman–Crippen MR) is 109 cm³/mol. The third-order valence-electron chi connectivity index (χ3n) is 5.30. The number of carbonyl (C=O) groups excluding carboxylic acids is 1. The summed E-state index contributed by atoms with van der Waals surface area (Å²) in [6.45, 7) is 3.61. The molecule has 1 N–H and O–H groups in total. The average molecular weight is 373 g/mol. The van der Waals surface area contributed by atoms with Gasteiger partial charge in [-0.3, -0.25) is 14.6 Å². The van der Waals surface area contributed by atoms with Gasteiger partial charge in [0, 0.05) is 30.1 Å². The molecular weight excluding hydrogens is 350 g/mol. The highest BCUT2D eigenvalue weighted by atomic mass is 16.2. The largest absolute Gasteiger partial charge is 0.338 e. The lowest BCUT2D eigenvalue weighted by Gasteiger charge is -2.33. The summed E-state index contributed by atoms with van der Waals surface area (Å²) in [4.78, 5) is 33.3. The molecule has 1 fully saturated rings. The van der Waals surface area contributed by atoms with Crippen molar-refractivity contribution in [3.8, 4) is 11.3 Å². The Kier molecular flexibility index (Phi) is 5.06. The van der Waals surface area contributed by atoms with Crippen LogP contribution in [0.5, 0.6) is 0 Å². The summed E-state index contributed by atoms with van der Waals surface area (Å²) in [5, 5.41) is 0. The van der Waals surface area contributed by atoms with Crippen LogP contribution in [0, 0.1) is 6.92 Å². The van der Waals surface area contributed by atoms with Crippen molar-refractivity contribution in [1.29, 1.82) is 0 Å². The number of H-pyrrole nitrogens is 1. The Morgan fingerprint density at radius 2 is 2.00 bits per heavy atom. The maximum atomic E-state index is 13.1. The van der Waals surface area contributed by atoms with Crippen LogP contribution in [0.25, 0.3) is 11.3 Å². The number of nitrogens with zero attached hydrogens (tertiary/aromatic N) is 2. The fourth-order valence-corrected chi connectivity index (χ4v) is 3.88. The highest BCUT2D eigenvalue weighted by Gasteiger charge is 2.25. The number of rotatable bonds is 3. The molecule has 2 heterocycles. The molecule has 5 heteroatoms. The second kappa shape index (κ2) is 7.80. The third-order valence-corrected chi connectivity index (χ3v) is 5.30. The van der Waals surface area contributed by atoms with Gasteiger partial charge in [0.1, 0.15) is 0 Å². The first kappa shape index (κ1) is 18.2. The topological polar surface area (TPSA) is 66.1 Å². The Balaban J connectivity index is 1.56. The highest BCUT2D eigenvalue weighted by Crippen LogP contribution is 2.28. The SMILES string of the molecule is Cc1cccc([C@@H]2CCCN(C(=O)c3cccc(-c4cncc(=O)[nH]4)c3)C2)c1. The number of aromatic nitrogens is 2. The molecule has 1 atom stereocenters. The van der Waals surface area contributed by atoms with E-state index in [0.29, 0.717) is 17.2 Å². The molecule has 28 heavy (non-hydrogen) atoms. The average Bonchev–Trinajstić information content (AvgIpc) is 2.73. The lowest BCUT2D eigenvalue weighted by atomic mass is 9.89. The number of amides is 1. The molecule has 1 aliphatic heterocycles. The van der Waals surface area contributed by atoms with E-state index in [2.05, 4.69) is 41.2 Å². The summed E-state index contributed by atoms with van der Waals surface area (Å²) in [7, 11) is 0. The van der Waals surface area contributed by atoms with Gasteiger partial charge in [-0.2, -0.15) is 0 Å². The van der Waals surface area contributed by atoms with Crippen LogP contribution in [0.1, 0.15) is 40.2 Å². The minimum atomic E-state index is -0.258. The second-order valence-corrected chi connectivity index (χ2v) is 7.40. The number of nitrogens with one attached hydrogen (secondary N) is 1. The van der Waals surface area contributed by atoms with Gasteiger partial charge in [-0.25, -0.2) is 0 Å². The highest BCUT2D eigenvalue weighted by molar-refractivity contribution is 5.95. The van der Waals surface area contributed by atoms with Gasteiger partial charge in [0.2, 0.25) is 0 Å². The lowest BCUT2D eigenvalue weighted by molar-refractivity contribution is 0.0707. The molecule has 0 bridgehead atoms. The van der Waals surface area contributed by atoms with E-state index in [1.807, 2.05) is 29.2 Å². The number of hydrogen-bond acceptors (Lipinski definition) is 3. The Hall–Kier alpha value is -3.21. The van der Waals surface area contributed by atoms with E-state index in [9.17, 15) is 9.59 Å². The number of benzene rings is 2. The lowest BCUT2D eigenvalue weighted by Crippen LogP contribution is -2.39. The van der Waals surface area contributed by atoms with Crippen LogP contribution in [0.15, 0.2) is 65.7 Å². The quantitative estimate of drug-likeness (QED) is 0.760. The molecule has 5 nitrogen and oxygen atoms in total. The minimum absolute atomic E-state index is 0.0328. The van der Waals surface area contributed by atoms with Crippen molar-refractivity contribution in [3.05, 3.63) is 88.0 Å². The third kappa shape index (κ3) is 3.88. The molecule has 4 rings (SSSR count). The predicted octanol–water partition coefficient (Wildman–Crippen LogP) is 3.77. The maximum absolute atomic E-state index is 13.1. The van der Waals surface area contributed by atoms with Gasteiger partial charge in [0.05, 0.1) is 18.1 Å². The minimum Gasteiger partial charge on any atom is -0.338 e. The van der Waals surface area contributed by atoms with Crippen molar-refractivity contribution >= 4 is 5.91 Å². The van der Waals surface area contributed by atoms with Gasteiger partial charge >= 0.3 is 0 Å². The second-order valence-electron chi connectivity index (χ2n) is 7.40. The molecule has 0 aliphatic carbocycles. The first-order chi connectivity index (χ1) is 13.6. The van der Waals surface area contributed by atoms with Crippen molar-refractivity contribution in [1.82, 2.24) is 14.9 Å². The summed E-state index contributed by atoms with van der Waals surface area (Å²) in [6.07, 6.45) is 4.93. The van der Waals surface area contributed by atoms with Gasteiger partial charge in [-0.15, -0.1) is 0 Å². The number of aryl methyl sites for hydroxylation is 1. The molecule has 2 aromatic carbocycles. The Bertz CT molecular complexity index is 1060. The zero-order valence-corrected chi connectivity index (χ0v) is 15.9. The molecular formula is C23H23N3O2. The number of carbonyl (C=O) groups is 1. The maximum Gasteiger partial charge on any atom is 0.266 e. The molecule has 142 valence electrons. The van der Waals surface area contributed by atoms with Crippen molar-refractivity contribution in [3.63, 3.8) is 0 Å². The van der Waals surface area contributed by atoms with Crippen LogP contribution in [-0.4, -0.2) is 33.9 Å². The summed E-state index contributed by atoms with van der Waals surface area (Å²) >= 11 is 0. The number of aromatic amines is 1. The van der Waals surface area contributed by atoms with Crippen LogP contribution < -0.4 is 5.56 Å². The zero-order chi connectivity index (χ0) is 19.5. The van der Waals surface area contributed by atoms with Crippen LogP contribution in [0.3, 0.4) is 0 Å². The molecule has 1 aromatic heterocycles. The monoisotopic (exact) mass is 373 g/mol. The van der Waals surface area contributed by atoms with Crippen LogP contribution in [0.4, 0.5) is 0 Å². The van der Waals surface area contributed by atoms with Crippen LogP contribution in [-0.2, 0) is 0 Å². The van der Waals surface area contributed by atoms with E-state index in [-0.39, 0.29) is 11.5 Å². The van der Waals surface area contributed by atoms with Crippen LogP contribution >= 0.6 is 0 Å². The van der Waals surface area contributed by atoms with Crippen molar-refractivity contribution < 1.29 is 4.79 Å². The van der Waals surface area contributed by atoms with Crippen LogP contribution in [0.2, 0.25) is 0 Å². The molecule has 0 saturated carbocycles. The van der Waals surface area contributed by atoms with Gasteiger partial charge in [0.15, 0.2) is 0 Å². The molecule has 1 aliphatic rings. The normalized spacial score (nSPS) is 16.8. The number of hydrogen-bond donors (Lipinski definition) is 1.